The van der Waals surface area contributed by atoms with E-state index in [2.05, 4.69) is 21.2 Å². The van der Waals surface area contributed by atoms with Crippen molar-refractivity contribution in [2.45, 2.75) is 24.6 Å². The van der Waals surface area contributed by atoms with E-state index in [0.29, 0.717) is 16.5 Å². The van der Waals surface area contributed by atoms with Gasteiger partial charge in [0.05, 0.1) is 5.25 Å². The maximum absolute atomic E-state index is 13.7. The molecule has 2 atom stereocenters. The van der Waals surface area contributed by atoms with E-state index in [1.165, 1.54) is 12.3 Å². The van der Waals surface area contributed by atoms with E-state index in [0.717, 1.165) is 0 Å². The normalized spacial score (nSPS) is 15.4. The summed E-state index contributed by atoms with van der Waals surface area (Å²) in [7, 11) is -1.47. The summed E-state index contributed by atoms with van der Waals surface area (Å²) in [6.07, 6.45) is 1.53. The Labute approximate surface area is 116 Å². The van der Waals surface area contributed by atoms with E-state index in [9.17, 15) is 12.8 Å². The van der Waals surface area contributed by atoms with Crippen LogP contribution in [0.4, 0.5) is 4.39 Å². The minimum Gasteiger partial charge on any atom is -0.315 e. The van der Waals surface area contributed by atoms with Gasteiger partial charge in [-0.05, 0) is 38.1 Å². The van der Waals surface area contributed by atoms with Crippen LogP contribution in [0.25, 0.3) is 0 Å². The molecule has 0 heterocycles. The van der Waals surface area contributed by atoms with Crippen molar-refractivity contribution in [2.75, 3.05) is 13.3 Å². The maximum Gasteiger partial charge on any atom is 0.151 e. The number of likely N-dealkylation sites (N-methyl/N-ethyl adjacent to an activating group) is 1. The van der Waals surface area contributed by atoms with Crippen LogP contribution < -0.4 is 5.32 Å². The molecule has 6 heteroatoms. The van der Waals surface area contributed by atoms with Gasteiger partial charge < -0.3 is 5.32 Å². The Bertz CT molecular complexity index is 519. The molecule has 3 nitrogen and oxygen atoms in total. The Morgan fingerprint density at radius 3 is 2.50 bits per heavy atom. The molecule has 0 aliphatic heterocycles. The molecule has 0 aliphatic carbocycles. The highest BCUT2D eigenvalue weighted by Gasteiger charge is 2.25. The molecule has 0 saturated carbocycles. The number of hydrogen-bond donors (Lipinski definition) is 1. The summed E-state index contributed by atoms with van der Waals surface area (Å²) >= 11 is 3.19. The summed E-state index contributed by atoms with van der Waals surface area (Å²) in [5.41, 5.74) is 0.507. The highest BCUT2D eigenvalue weighted by molar-refractivity contribution is 9.10. The molecule has 0 amide bonds. The lowest BCUT2D eigenvalue weighted by Gasteiger charge is -2.22. The third kappa shape index (κ3) is 4.03. The first-order chi connectivity index (χ1) is 8.25. The van der Waals surface area contributed by atoms with Crippen molar-refractivity contribution in [3.63, 3.8) is 0 Å². The van der Waals surface area contributed by atoms with E-state index in [-0.39, 0.29) is 11.9 Å². The fourth-order valence-electron chi connectivity index (χ4n) is 1.73. The summed E-state index contributed by atoms with van der Waals surface area (Å²) in [5.74, 6) is -0.328. The number of halogens is 2. The number of rotatable bonds is 5. The van der Waals surface area contributed by atoms with Gasteiger partial charge in [0.2, 0.25) is 0 Å². The predicted octanol–water partition coefficient (Wildman–Crippen LogP) is 2.15. The minimum atomic E-state index is -3.15. The van der Waals surface area contributed by atoms with Crippen molar-refractivity contribution in [1.29, 1.82) is 0 Å². The van der Waals surface area contributed by atoms with E-state index in [1.54, 1.807) is 26.1 Å². The predicted molar refractivity (Wildman–Crippen MR) is 75.0 cm³/mol. The molecule has 18 heavy (non-hydrogen) atoms. The second-order valence-electron chi connectivity index (χ2n) is 4.37. The summed E-state index contributed by atoms with van der Waals surface area (Å²) in [6.45, 7) is 1.63. The van der Waals surface area contributed by atoms with Gasteiger partial charge in [-0.3, -0.25) is 0 Å². The molecule has 0 aliphatic rings. The van der Waals surface area contributed by atoms with Gasteiger partial charge in [0.25, 0.3) is 0 Å². The second-order valence-corrected chi connectivity index (χ2v) is 7.69. The minimum absolute atomic E-state index is 0.310. The van der Waals surface area contributed by atoms with Gasteiger partial charge in [0, 0.05) is 16.8 Å². The Hall–Kier alpha value is -0.460. The summed E-state index contributed by atoms with van der Waals surface area (Å²) < 4.78 is 37.4. The van der Waals surface area contributed by atoms with Gasteiger partial charge in [-0.2, -0.15) is 0 Å². The Kier molecular flexibility index (Phi) is 5.31. The van der Waals surface area contributed by atoms with E-state index in [1.807, 2.05) is 0 Å². The van der Waals surface area contributed by atoms with Crippen molar-refractivity contribution >= 4 is 25.8 Å². The molecule has 1 N–H and O–H groups in total. The molecule has 0 spiro atoms. The third-order valence-electron chi connectivity index (χ3n) is 3.07. The summed E-state index contributed by atoms with van der Waals surface area (Å²) in [4.78, 5) is 0. The second kappa shape index (κ2) is 6.12. The molecular weight excluding hydrogens is 321 g/mol. The smallest absolute Gasteiger partial charge is 0.151 e. The molecule has 0 fully saturated rings. The van der Waals surface area contributed by atoms with Crippen molar-refractivity contribution in [3.05, 3.63) is 34.1 Å². The van der Waals surface area contributed by atoms with Crippen molar-refractivity contribution < 1.29 is 12.8 Å². The summed E-state index contributed by atoms with van der Waals surface area (Å²) in [5, 5.41) is 2.38. The van der Waals surface area contributed by atoms with E-state index >= 15 is 0 Å². The van der Waals surface area contributed by atoms with Gasteiger partial charge in [0.1, 0.15) is 5.82 Å². The largest absolute Gasteiger partial charge is 0.315 e. The lowest BCUT2D eigenvalue weighted by atomic mass is 10.0. The summed E-state index contributed by atoms with van der Waals surface area (Å²) in [6, 6.07) is 4.48. The van der Waals surface area contributed by atoms with Crippen molar-refractivity contribution in [2.24, 2.45) is 0 Å². The van der Waals surface area contributed by atoms with Crippen LogP contribution in [0.3, 0.4) is 0 Å². The van der Waals surface area contributed by atoms with Crippen LogP contribution >= 0.6 is 15.9 Å². The fraction of sp³-hybridized carbons (Fsp3) is 0.500. The zero-order valence-corrected chi connectivity index (χ0v) is 13.0. The van der Waals surface area contributed by atoms with Crippen molar-refractivity contribution in [1.82, 2.24) is 5.32 Å². The van der Waals surface area contributed by atoms with Crippen LogP contribution in [-0.2, 0) is 16.3 Å². The standard InChI is InChI=1S/C12H17BrFNO2S/c1-8(18(3,16)17)12(15-2)6-9-4-5-10(13)7-11(9)14/h4-5,7-8,12,15H,6H2,1-3H3. The molecule has 1 aromatic rings. The molecule has 0 bridgehead atoms. The quantitative estimate of drug-likeness (QED) is 0.895. The monoisotopic (exact) mass is 337 g/mol. The van der Waals surface area contributed by atoms with Gasteiger partial charge in [0.15, 0.2) is 9.84 Å². The lowest BCUT2D eigenvalue weighted by Crippen LogP contribution is -2.42. The molecule has 102 valence electrons. The van der Waals surface area contributed by atoms with Crippen LogP contribution in [0, 0.1) is 5.82 Å². The lowest BCUT2D eigenvalue weighted by molar-refractivity contribution is 0.504. The van der Waals surface area contributed by atoms with Crippen LogP contribution in [0.5, 0.6) is 0 Å². The Morgan fingerprint density at radius 2 is 2.06 bits per heavy atom. The third-order valence-corrected chi connectivity index (χ3v) is 5.24. The molecule has 1 aromatic carbocycles. The molecule has 1 rings (SSSR count). The zero-order valence-electron chi connectivity index (χ0n) is 10.6. The van der Waals surface area contributed by atoms with E-state index < -0.39 is 15.1 Å². The first-order valence-corrected chi connectivity index (χ1v) is 8.30. The Morgan fingerprint density at radius 1 is 1.44 bits per heavy atom. The number of sulfone groups is 1. The first-order valence-electron chi connectivity index (χ1n) is 5.55. The highest BCUT2D eigenvalue weighted by atomic mass is 79.9. The first kappa shape index (κ1) is 15.6. The van der Waals surface area contributed by atoms with Gasteiger partial charge >= 0.3 is 0 Å². The average molecular weight is 338 g/mol. The van der Waals surface area contributed by atoms with Crippen LogP contribution in [-0.4, -0.2) is 33.0 Å². The molecule has 0 saturated heterocycles. The SMILES string of the molecule is CNC(Cc1ccc(Br)cc1F)C(C)S(C)(=O)=O. The molecule has 0 aromatic heterocycles. The zero-order chi connectivity index (χ0) is 13.9. The van der Waals surface area contributed by atoms with E-state index in [4.69, 9.17) is 0 Å². The van der Waals surface area contributed by atoms with Crippen LogP contribution in [0.1, 0.15) is 12.5 Å². The number of benzene rings is 1. The van der Waals surface area contributed by atoms with Crippen LogP contribution in [0.2, 0.25) is 0 Å². The average Bonchev–Trinajstić information content (AvgIpc) is 2.26. The maximum atomic E-state index is 13.7. The van der Waals surface area contributed by atoms with Gasteiger partial charge in [-0.1, -0.05) is 22.0 Å². The topological polar surface area (TPSA) is 46.2 Å². The number of hydrogen-bond acceptors (Lipinski definition) is 3. The Balaban J connectivity index is 2.93. The fourth-order valence-corrected chi connectivity index (χ4v) is 2.89. The number of nitrogens with one attached hydrogen (secondary N) is 1. The molecule has 0 radical (unpaired) electrons. The van der Waals surface area contributed by atoms with Gasteiger partial charge in [-0.15, -0.1) is 0 Å². The molecular formula is C12H17BrFNO2S. The van der Waals surface area contributed by atoms with Gasteiger partial charge in [-0.25, -0.2) is 12.8 Å². The van der Waals surface area contributed by atoms with Crippen molar-refractivity contribution in [3.8, 4) is 0 Å². The highest BCUT2D eigenvalue weighted by Crippen LogP contribution is 2.18. The molecule has 2 unspecified atom stereocenters. The van der Waals surface area contributed by atoms with Crippen LogP contribution in [0.15, 0.2) is 22.7 Å².